The molecule has 136 valence electrons. The van der Waals surface area contributed by atoms with E-state index in [2.05, 4.69) is 49.9 Å². The number of aryl methyl sites for hydroxylation is 2. The Morgan fingerprint density at radius 3 is 2.72 bits per heavy atom. The number of hydrogen-bond donors (Lipinski definition) is 1. The Balaban J connectivity index is 1.49. The van der Waals surface area contributed by atoms with Gasteiger partial charge < -0.3 is 10.2 Å². The summed E-state index contributed by atoms with van der Waals surface area (Å²) in [4.78, 5) is 11.2. The topological polar surface area (TPSA) is 58.9 Å². The first-order chi connectivity index (χ1) is 12.0. The second kappa shape index (κ2) is 8.19. The molecule has 6 nitrogen and oxygen atoms in total. The quantitative estimate of drug-likeness (QED) is 0.631. The van der Waals surface area contributed by atoms with E-state index >= 15 is 0 Å². The van der Waals surface area contributed by atoms with E-state index in [0.29, 0.717) is 12.1 Å². The average molecular weight is 361 g/mol. The molecule has 2 aromatic heterocycles. The lowest BCUT2D eigenvalue weighted by Crippen LogP contribution is -2.46. The lowest BCUT2D eigenvalue weighted by atomic mass is 10.0. The first-order valence-corrected chi connectivity index (χ1v) is 10.2. The second-order valence-corrected chi connectivity index (χ2v) is 7.61. The fourth-order valence-electron chi connectivity index (χ4n) is 3.46. The van der Waals surface area contributed by atoms with Gasteiger partial charge in [0.1, 0.15) is 5.82 Å². The number of nitrogens with zero attached hydrogens (tertiary/aromatic N) is 5. The van der Waals surface area contributed by atoms with Crippen molar-refractivity contribution in [1.82, 2.24) is 25.1 Å². The molecule has 0 saturated carbocycles. The Morgan fingerprint density at radius 2 is 2.08 bits per heavy atom. The summed E-state index contributed by atoms with van der Waals surface area (Å²) in [6.07, 6.45) is 6.15. The monoisotopic (exact) mass is 360 g/mol. The van der Waals surface area contributed by atoms with Crippen LogP contribution in [0.5, 0.6) is 0 Å². The van der Waals surface area contributed by atoms with E-state index < -0.39 is 0 Å². The van der Waals surface area contributed by atoms with Crippen LogP contribution in [0.15, 0.2) is 23.5 Å². The van der Waals surface area contributed by atoms with Crippen molar-refractivity contribution in [2.24, 2.45) is 0 Å². The van der Waals surface area contributed by atoms with E-state index in [-0.39, 0.29) is 0 Å². The van der Waals surface area contributed by atoms with Gasteiger partial charge in [-0.3, -0.25) is 4.68 Å². The third-order valence-electron chi connectivity index (χ3n) is 4.69. The summed E-state index contributed by atoms with van der Waals surface area (Å²) < 4.78 is 2.10. The summed E-state index contributed by atoms with van der Waals surface area (Å²) in [7, 11) is 0. The van der Waals surface area contributed by atoms with Crippen molar-refractivity contribution in [2.75, 3.05) is 24.2 Å². The van der Waals surface area contributed by atoms with Crippen LogP contribution >= 0.6 is 11.8 Å². The van der Waals surface area contributed by atoms with Crippen LogP contribution in [0.2, 0.25) is 0 Å². The lowest BCUT2D eigenvalue weighted by molar-refractivity contribution is 0.345. The zero-order valence-corrected chi connectivity index (χ0v) is 16.4. The normalized spacial score (nSPS) is 17.0. The zero-order chi connectivity index (χ0) is 17.8. The average Bonchev–Trinajstić information content (AvgIpc) is 2.92. The van der Waals surface area contributed by atoms with Crippen molar-refractivity contribution >= 4 is 17.6 Å². The highest BCUT2D eigenvalue weighted by Gasteiger charge is 2.22. The maximum Gasteiger partial charge on any atom is 0.189 e. The number of rotatable bonds is 6. The number of anilines is 1. The Labute approximate surface area is 154 Å². The van der Waals surface area contributed by atoms with Crippen molar-refractivity contribution in [3.05, 3.63) is 29.7 Å². The molecule has 7 heteroatoms. The minimum atomic E-state index is 0.414. The highest BCUT2D eigenvalue weighted by Crippen LogP contribution is 2.20. The summed E-state index contributed by atoms with van der Waals surface area (Å²) in [5, 5.41) is 9.18. The first kappa shape index (κ1) is 18.2. The van der Waals surface area contributed by atoms with E-state index in [9.17, 15) is 0 Å². The zero-order valence-electron chi connectivity index (χ0n) is 15.6. The Kier molecular flexibility index (Phi) is 5.96. The van der Waals surface area contributed by atoms with Crippen molar-refractivity contribution in [3.63, 3.8) is 0 Å². The van der Waals surface area contributed by atoms with Crippen LogP contribution < -0.4 is 10.2 Å². The van der Waals surface area contributed by atoms with Gasteiger partial charge in [0.15, 0.2) is 5.16 Å². The molecule has 0 radical (unpaired) electrons. The largest absolute Gasteiger partial charge is 0.356 e. The van der Waals surface area contributed by atoms with Crippen molar-refractivity contribution < 1.29 is 0 Å². The molecule has 0 bridgehead atoms. The summed E-state index contributed by atoms with van der Waals surface area (Å²) in [5.74, 6) is 1.05. The molecule has 0 amide bonds. The van der Waals surface area contributed by atoms with Crippen LogP contribution in [-0.2, 0) is 6.54 Å². The van der Waals surface area contributed by atoms with Crippen molar-refractivity contribution in [1.29, 1.82) is 0 Å². The molecule has 0 aliphatic carbocycles. The standard InChI is InChI=1S/C18H28N6S/c1-13-11-15(3)24(22-13)12-14(2)20-16-6-9-23(10-7-16)17-5-8-19-18(21-17)25-4/h5,8,11,14,16,20H,6-7,9-10,12H2,1-4H3/t14-/m1/s1. The molecule has 2 aromatic rings. The molecule has 3 heterocycles. The van der Waals surface area contributed by atoms with Crippen molar-refractivity contribution in [3.8, 4) is 0 Å². The number of aromatic nitrogens is 4. The van der Waals surface area contributed by atoms with Crippen LogP contribution in [0.3, 0.4) is 0 Å². The molecule has 0 spiro atoms. The summed E-state index contributed by atoms with van der Waals surface area (Å²) in [5.41, 5.74) is 2.32. The van der Waals surface area contributed by atoms with Gasteiger partial charge in [0, 0.05) is 37.1 Å². The molecule has 1 N–H and O–H groups in total. The fourth-order valence-corrected chi connectivity index (χ4v) is 3.81. The third-order valence-corrected chi connectivity index (χ3v) is 5.25. The summed E-state index contributed by atoms with van der Waals surface area (Å²) >= 11 is 1.59. The SMILES string of the molecule is CSc1nccc(N2CCC(N[C@H](C)Cn3nc(C)cc3C)CC2)n1. The van der Waals surface area contributed by atoms with Gasteiger partial charge in [-0.2, -0.15) is 5.10 Å². The predicted molar refractivity (Wildman–Crippen MR) is 103 cm³/mol. The van der Waals surface area contributed by atoms with Crippen LogP contribution in [0.4, 0.5) is 5.82 Å². The maximum atomic E-state index is 4.61. The Morgan fingerprint density at radius 1 is 1.32 bits per heavy atom. The van der Waals surface area contributed by atoms with Gasteiger partial charge >= 0.3 is 0 Å². The Hall–Kier alpha value is -1.60. The molecular weight excluding hydrogens is 332 g/mol. The van der Waals surface area contributed by atoms with Gasteiger partial charge in [-0.1, -0.05) is 11.8 Å². The molecule has 1 saturated heterocycles. The van der Waals surface area contributed by atoms with Gasteiger partial charge in [0.25, 0.3) is 0 Å². The minimum Gasteiger partial charge on any atom is -0.356 e. The molecule has 1 fully saturated rings. The highest BCUT2D eigenvalue weighted by atomic mass is 32.2. The maximum absolute atomic E-state index is 4.61. The lowest BCUT2D eigenvalue weighted by Gasteiger charge is -2.34. The molecule has 25 heavy (non-hydrogen) atoms. The fraction of sp³-hybridized carbons (Fsp3) is 0.611. The molecule has 1 aliphatic heterocycles. The highest BCUT2D eigenvalue weighted by molar-refractivity contribution is 7.98. The van der Waals surface area contributed by atoms with Gasteiger partial charge in [-0.25, -0.2) is 9.97 Å². The number of nitrogens with one attached hydrogen (secondary N) is 1. The molecule has 1 atom stereocenters. The number of piperidine rings is 1. The van der Waals surface area contributed by atoms with Gasteiger partial charge in [0.2, 0.25) is 0 Å². The summed E-state index contributed by atoms with van der Waals surface area (Å²) in [6, 6.07) is 5.12. The first-order valence-electron chi connectivity index (χ1n) is 8.94. The molecule has 0 aromatic carbocycles. The molecule has 1 aliphatic rings. The van der Waals surface area contributed by atoms with Crippen LogP contribution in [0.25, 0.3) is 0 Å². The summed E-state index contributed by atoms with van der Waals surface area (Å²) in [6.45, 7) is 9.41. The number of thioether (sulfide) groups is 1. The second-order valence-electron chi connectivity index (χ2n) is 6.84. The van der Waals surface area contributed by atoms with Crippen LogP contribution in [-0.4, -0.2) is 51.2 Å². The van der Waals surface area contributed by atoms with E-state index in [4.69, 9.17) is 0 Å². The number of hydrogen-bond acceptors (Lipinski definition) is 6. The van der Waals surface area contributed by atoms with E-state index in [1.54, 1.807) is 11.8 Å². The van der Waals surface area contributed by atoms with E-state index in [0.717, 1.165) is 49.1 Å². The van der Waals surface area contributed by atoms with Gasteiger partial charge in [-0.05, 0) is 52.0 Å². The predicted octanol–water partition coefficient (Wildman–Crippen LogP) is 2.66. The Bertz CT molecular complexity index is 693. The molecule has 0 unspecified atom stereocenters. The van der Waals surface area contributed by atoms with E-state index in [1.165, 1.54) is 5.69 Å². The van der Waals surface area contributed by atoms with Crippen LogP contribution in [0, 0.1) is 13.8 Å². The third kappa shape index (κ3) is 4.73. The van der Waals surface area contributed by atoms with Crippen molar-refractivity contribution in [2.45, 2.75) is 57.4 Å². The molecular formula is C18H28N6S. The van der Waals surface area contributed by atoms with Gasteiger partial charge in [0.05, 0.1) is 12.2 Å². The smallest absolute Gasteiger partial charge is 0.189 e. The minimum absolute atomic E-state index is 0.414. The van der Waals surface area contributed by atoms with Crippen LogP contribution in [0.1, 0.15) is 31.2 Å². The molecule has 3 rings (SSSR count). The van der Waals surface area contributed by atoms with E-state index in [1.807, 2.05) is 25.4 Å². The van der Waals surface area contributed by atoms with Gasteiger partial charge in [-0.15, -0.1) is 0 Å².